The molecule has 2 rings (SSSR count). The Bertz CT molecular complexity index is 1040. The van der Waals surface area contributed by atoms with Crippen LogP contribution < -0.4 is 0 Å². The summed E-state index contributed by atoms with van der Waals surface area (Å²) in [5.74, 6) is -6.91. The summed E-state index contributed by atoms with van der Waals surface area (Å²) in [6, 6.07) is 4.45. The van der Waals surface area contributed by atoms with Gasteiger partial charge in [-0.2, -0.15) is 35.1 Å². The van der Waals surface area contributed by atoms with Crippen molar-refractivity contribution in [3.8, 4) is 11.1 Å². The summed E-state index contributed by atoms with van der Waals surface area (Å²) in [7, 11) is 0. The lowest BCUT2D eigenvalue weighted by atomic mass is 9.82. The summed E-state index contributed by atoms with van der Waals surface area (Å²) < 4.78 is 122. The average molecular weight is 544 g/mol. The van der Waals surface area contributed by atoms with E-state index in [0.29, 0.717) is 18.2 Å². The molecule has 0 aliphatic heterocycles. The normalized spacial score (nSPS) is 15.0. The van der Waals surface area contributed by atoms with Gasteiger partial charge in [0.1, 0.15) is 0 Å². The van der Waals surface area contributed by atoms with Crippen molar-refractivity contribution in [2.24, 2.45) is 0 Å². The predicted molar refractivity (Wildman–Crippen MR) is 94.7 cm³/mol. The number of rotatable bonds is 4. The van der Waals surface area contributed by atoms with Crippen LogP contribution in [0.4, 0.5) is 45.2 Å². The Balaban J connectivity index is 3.03. The quantitative estimate of drug-likeness (QED) is 0.225. The van der Waals surface area contributed by atoms with E-state index < -0.39 is 66.3 Å². The van der Waals surface area contributed by atoms with Gasteiger partial charge in [0.05, 0.1) is 9.95 Å². The lowest BCUT2D eigenvalue weighted by Gasteiger charge is -2.37. The zero-order chi connectivity index (χ0) is 24.2. The predicted octanol–water partition coefficient (Wildman–Crippen LogP) is 7.71. The molecule has 2 aromatic rings. The van der Waals surface area contributed by atoms with Crippen LogP contribution in [0.3, 0.4) is 0 Å². The summed E-state index contributed by atoms with van der Waals surface area (Å²) in [4.78, 5) is 9.87. The molecule has 31 heavy (non-hydrogen) atoms. The van der Waals surface area contributed by atoms with E-state index in [1.165, 1.54) is 0 Å². The number of non-ortho nitro benzene ring substituents is 1. The minimum atomic E-state index is -6.92. The zero-order valence-electron chi connectivity index (χ0n) is 14.7. The number of benzene rings is 2. The third kappa shape index (κ3) is 4.09. The number of alkyl halides is 9. The monoisotopic (exact) mass is 542 g/mol. The maximum atomic E-state index is 15.2. The first-order valence-corrected chi connectivity index (χ1v) is 8.90. The third-order valence-electron chi connectivity index (χ3n) is 4.14. The number of aryl methyl sites for hydroxylation is 1. The van der Waals surface area contributed by atoms with Crippen LogP contribution in [-0.4, -0.2) is 23.2 Å². The van der Waals surface area contributed by atoms with E-state index in [0.717, 1.165) is 6.92 Å². The molecule has 0 aliphatic rings. The molecule has 1 unspecified atom stereocenters. The van der Waals surface area contributed by atoms with E-state index in [-0.39, 0.29) is 6.07 Å². The van der Waals surface area contributed by atoms with Crippen LogP contribution in [0.2, 0.25) is 5.02 Å². The first kappa shape index (κ1) is 25.2. The van der Waals surface area contributed by atoms with Crippen molar-refractivity contribution in [1.82, 2.24) is 0 Å². The van der Waals surface area contributed by atoms with Crippen LogP contribution in [0.5, 0.6) is 0 Å². The van der Waals surface area contributed by atoms with Gasteiger partial charge >= 0.3 is 23.9 Å². The highest BCUT2D eigenvalue weighted by Crippen LogP contribution is 2.60. The minimum Gasteiger partial charge on any atom is -0.258 e. The van der Waals surface area contributed by atoms with Gasteiger partial charge in [-0.1, -0.05) is 17.7 Å². The second-order valence-electron chi connectivity index (χ2n) is 6.20. The average Bonchev–Trinajstić information content (AvgIpc) is 2.58. The minimum absolute atomic E-state index is 0.130. The van der Waals surface area contributed by atoms with Crippen molar-refractivity contribution in [3.63, 3.8) is 0 Å². The van der Waals surface area contributed by atoms with Crippen LogP contribution >= 0.6 is 27.5 Å². The maximum Gasteiger partial charge on any atom is 0.457 e. The van der Waals surface area contributed by atoms with Crippen LogP contribution in [-0.2, 0) is 5.67 Å². The van der Waals surface area contributed by atoms with Crippen LogP contribution in [0.1, 0.15) is 11.1 Å². The molecule has 0 bridgehead atoms. The first-order chi connectivity index (χ1) is 13.9. The van der Waals surface area contributed by atoms with Crippen molar-refractivity contribution in [1.29, 1.82) is 0 Å². The molecule has 1 atom stereocenters. The standard InChI is InChI=1S/C17H7BrClF9NO2/c1-7-4-10(14(20,16(23,24)25)15(21,22)17(26,27)28)13(11(18)5-7)9-3-2-8(29(30)31)6-12(9)19/h2-4,6H,1H3. The fourth-order valence-corrected chi connectivity index (χ4v) is 3.74. The number of halogens is 11. The zero-order valence-corrected chi connectivity index (χ0v) is 17.1. The lowest BCUT2D eigenvalue weighted by molar-refractivity contribution is -0.389. The van der Waals surface area contributed by atoms with E-state index in [9.17, 15) is 45.2 Å². The maximum absolute atomic E-state index is 15.2. The molecular weight excluding hydrogens is 537 g/mol. The molecule has 0 saturated carbocycles. The van der Waals surface area contributed by atoms with E-state index in [1.807, 2.05) is 0 Å². The molecule has 169 valence electrons. The van der Waals surface area contributed by atoms with Gasteiger partial charge in [-0.3, -0.25) is 10.1 Å². The van der Waals surface area contributed by atoms with Gasteiger partial charge in [-0.15, -0.1) is 0 Å². The van der Waals surface area contributed by atoms with E-state index >= 15 is 4.39 Å². The molecule has 0 aliphatic carbocycles. The molecule has 0 amide bonds. The largest absolute Gasteiger partial charge is 0.457 e. The Morgan fingerprint density at radius 1 is 1.00 bits per heavy atom. The molecule has 0 saturated heterocycles. The fraction of sp³-hybridized carbons (Fsp3) is 0.294. The van der Waals surface area contributed by atoms with Crippen molar-refractivity contribution in [2.45, 2.75) is 30.9 Å². The Hall–Kier alpha value is -2.02. The molecule has 2 aromatic carbocycles. The molecule has 3 nitrogen and oxygen atoms in total. The van der Waals surface area contributed by atoms with E-state index in [1.54, 1.807) is 0 Å². The summed E-state index contributed by atoms with van der Waals surface area (Å²) >= 11 is 8.49. The summed E-state index contributed by atoms with van der Waals surface area (Å²) in [6.45, 7) is 0.984. The van der Waals surface area contributed by atoms with Gasteiger partial charge in [0, 0.05) is 39.4 Å². The van der Waals surface area contributed by atoms with Crippen LogP contribution in [0.25, 0.3) is 11.1 Å². The van der Waals surface area contributed by atoms with Crippen molar-refractivity contribution >= 4 is 33.2 Å². The Morgan fingerprint density at radius 2 is 1.55 bits per heavy atom. The highest BCUT2D eigenvalue weighted by Gasteiger charge is 2.82. The van der Waals surface area contributed by atoms with Crippen molar-refractivity contribution < 1.29 is 44.4 Å². The SMILES string of the molecule is Cc1[c]c(Br)c(-c2ccc([N+](=O)[O-])cc2Cl)c(C(F)(C(F)(F)F)C(F)(F)C(F)(F)F)c1. The molecule has 1 radical (unpaired) electrons. The number of nitro groups is 1. The van der Waals surface area contributed by atoms with Gasteiger partial charge < -0.3 is 0 Å². The summed E-state index contributed by atoms with van der Waals surface area (Å²) in [6.07, 6.45) is -13.7. The van der Waals surface area contributed by atoms with Gasteiger partial charge in [-0.25, -0.2) is 4.39 Å². The topological polar surface area (TPSA) is 43.1 Å². The van der Waals surface area contributed by atoms with Crippen LogP contribution in [0, 0.1) is 23.1 Å². The van der Waals surface area contributed by atoms with Gasteiger partial charge in [0.2, 0.25) is 0 Å². The molecule has 14 heteroatoms. The molecule has 0 spiro atoms. The fourth-order valence-electron chi connectivity index (χ4n) is 2.73. The van der Waals surface area contributed by atoms with Gasteiger partial charge in [0.15, 0.2) is 0 Å². The molecule has 0 aromatic heterocycles. The molecule has 0 N–H and O–H groups in total. The highest BCUT2D eigenvalue weighted by atomic mass is 79.9. The molecule has 0 heterocycles. The van der Waals surface area contributed by atoms with Gasteiger partial charge in [-0.05, 0) is 34.5 Å². The second-order valence-corrected chi connectivity index (χ2v) is 7.40. The Kier molecular flexibility index (Phi) is 6.38. The van der Waals surface area contributed by atoms with E-state index in [4.69, 9.17) is 11.6 Å². The lowest BCUT2D eigenvalue weighted by Crippen LogP contribution is -2.60. The van der Waals surface area contributed by atoms with Crippen LogP contribution in [0.15, 0.2) is 28.7 Å². The Morgan fingerprint density at radius 3 is 1.97 bits per heavy atom. The number of nitrogens with zero attached hydrogens (tertiary/aromatic N) is 1. The van der Waals surface area contributed by atoms with E-state index in [2.05, 4.69) is 22.0 Å². The van der Waals surface area contributed by atoms with Crippen molar-refractivity contribution in [3.05, 3.63) is 61.1 Å². The number of hydrogen-bond acceptors (Lipinski definition) is 2. The number of nitro benzene ring substituents is 1. The smallest absolute Gasteiger partial charge is 0.258 e. The molecule has 0 fully saturated rings. The first-order valence-electron chi connectivity index (χ1n) is 7.73. The highest BCUT2D eigenvalue weighted by molar-refractivity contribution is 9.10. The number of hydrogen-bond donors (Lipinski definition) is 0. The third-order valence-corrected chi connectivity index (χ3v) is 5.05. The second kappa shape index (κ2) is 7.84. The summed E-state index contributed by atoms with van der Waals surface area (Å²) in [5, 5.41) is 10.1. The Labute approximate surface area is 181 Å². The van der Waals surface area contributed by atoms with Gasteiger partial charge in [0.25, 0.3) is 5.69 Å². The molecular formula is C17H7BrClF9NO2. The van der Waals surface area contributed by atoms with Crippen molar-refractivity contribution in [2.75, 3.05) is 0 Å². The summed E-state index contributed by atoms with van der Waals surface area (Å²) in [5.41, 5.74) is -11.2.